The summed E-state index contributed by atoms with van der Waals surface area (Å²) in [6.45, 7) is 17.5. The first-order chi connectivity index (χ1) is 20.3. The Morgan fingerprint density at radius 2 is 1.57 bits per heavy atom. The third-order valence-corrected chi connectivity index (χ3v) is 14.4. The van der Waals surface area contributed by atoms with Crippen molar-refractivity contribution in [2.24, 2.45) is 39.4 Å². The molecule has 8 unspecified atom stereocenters. The Labute approximate surface area is 265 Å². The van der Waals surface area contributed by atoms with Gasteiger partial charge in [-0.25, -0.2) is 0 Å². The molecule has 1 saturated heterocycles. The predicted octanol–water partition coefficient (Wildman–Crippen LogP) is 4.47. The minimum absolute atomic E-state index is 0.0652. The van der Waals surface area contributed by atoms with Crippen LogP contribution in [0.5, 0.6) is 0 Å². The average molecular weight is 623 g/mol. The van der Waals surface area contributed by atoms with Gasteiger partial charge in [0.2, 0.25) is 0 Å². The van der Waals surface area contributed by atoms with Gasteiger partial charge in [0.1, 0.15) is 24.4 Å². The van der Waals surface area contributed by atoms with Gasteiger partial charge in [-0.05, 0) is 117 Å². The van der Waals surface area contributed by atoms with E-state index in [0.717, 1.165) is 51.4 Å². The summed E-state index contributed by atoms with van der Waals surface area (Å²) in [7, 11) is 0. The molecule has 2 saturated carbocycles. The maximum absolute atomic E-state index is 11.6. The minimum Gasteiger partial charge on any atom is -0.394 e. The molecule has 6 N–H and O–H groups in total. The van der Waals surface area contributed by atoms with Crippen LogP contribution in [-0.4, -0.2) is 85.8 Å². The number of allylic oxidation sites excluding steroid dienone is 2. The molecule has 0 aromatic heterocycles. The number of aliphatic hydroxyl groups is 6. The average Bonchev–Trinajstić information content (AvgIpc) is 3.25. The first-order valence-electron chi connectivity index (χ1n) is 17.4. The van der Waals surface area contributed by atoms with E-state index in [1.165, 1.54) is 0 Å². The molecule has 4 aliphatic carbocycles. The highest BCUT2D eigenvalue weighted by atomic mass is 16.7. The molecule has 8 heteroatoms. The van der Waals surface area contributed by atoms with E-state index < -0.39 is 49.0 Å². The summed E-state index contributed by atoms with van der Waals surface area (Å²) >= 11 is 0. The second-order valence-electron chi connectivity index (χ2n) is 17.3. The van der Waals surface area contributed by atoms with Crippen molar-refractivity contribution in [2.45, 2.75) is 168 Å². The summed E-state index contributed by atoms with van der Waals surface area (Å²) in [5.74, 6) is 1.03. The summed E-state index contributed by atoms with van der Waals surface area (Å²) in [5.41, 5.74) is 2.97. The van der Waals surface area contributed by atoms with Gasteiger partial charge >= 0.3 is 0 Å². The van der Waals surface area contributed by atoms with Crippen LogP contribution < -0.4 is 0 Å². The second kappa shape index (κ2) is 11.8. The summed E-state index contributed by atoms with van der Waals surface area (Å²) in [6.07, 6.45) is 2.52. The topological polar surface area (TPSA) is 140 Å². The number of aliphatic hydroxyl groups excluding tert-OH is 6. The summed E-state index contributed by atoms with van der Waals surface area (Å²) in [4.78, 5) is 0. The molecule has 0 aromatic carbocycles. The van der Waals surface area contributed by atoms with Gasteiger partial charge in [-0.15, -0.1) is 0 Å². The fourth-order valence-corrected chi connectivity index (χ4v) is 11.1. The smallest absolute Gasteiger partial charge is 0.187 e. The van der Waals surface area contributed by atoms with Gasteiger partial charge in [0, 0.05) is 0 Å². The van der Waals surface area contributed by atoms with Crippen LogP contribution in [0.15, 0.2) is 11.1 Å². The van der Waals surface area contributed by atoms with Crippen molar-refractivity contribution in [1.29, 1.82) is 0 Å². The molecule has 8 nitrogen and oxygen atoms in total. The molecule has 3 fully saturated rings. The van der Waals surface area contributed by atoms with Crippen LogP contribution >= 0.6 is 0 Å². The molecular formula is C36H62O8. The van der Waals surface area contributed by atoms with Gasteiger partial charge in [0.25, 0.3) is 0 Å². The fourth-order valence-electron chi connectivity index (χ4n) is 11.1. The number of fused-ring (bicyclic) bond motifs is 4. The molecule has 5 aliphatic rings. The van der Waals surface area contributed by atoms with Crippen LogP contribution in [-0.2, 0) is 9.47 Å². The zero-order valence-corrected chi connectivity index (χ0v) is 28.6. The van der Waals surface area contributed by atoms with Crippen molar-refractivity contribution in [2.75, 3.05) is 6.61 Å². The van der Waals surface area contributed by atoms with Gasteiger partial charge in [-0.3, -0.25) is 0 Å². The van der Waals surface area contributed by atoms with E-state index in [0.29, 0.717) is 24.7 Å². The molecule has 1 aliphatic heterocycles. The normalized spacial score (nSPS) is 47.0. The van der Waals surface area contributed by atoms with Crippen molar-refractivity contribution >= 4 is 0 Å². The first kappa shape index (κ1) is 34.7. The van der Waals surface area contributed by atoms with Gasteiger partial charge in [0.15, 0.2) is 6.29 Å². The summed E-state index contributed by atoms with van der Waals surface area (Å²) in [5, 5.41) is 62.7. The van der Waals surface area contributed by atoms with E-state index in [2.05, 4.69) is 41.5 Å². The second-order valence-corrected chi connectivity index (χ2v) is 17.3. The Bertz CT molecular complexity index is 1090. The monoisotopic (exact) mass is 622 g/mol. The molecule has 44 heavy (non-hydrogen) atoms. The molecule has 0 radical (unpaired) electrons. The van der Waals surface area contributed by atoms with Crippen molar-refractivity contribution in [3.63, 3.8) is 0 Å². The molecule has 5 rings (SSSR count). The van der Waals surface area contributed by atoms with Crippen molar-refractivity contribution in [1.82, 2.24) is 0 Å². The molecule has 0 amide bonds. The van der Waals surface area contributed by atoms with Crippen molar-refractivity contribution < 1.29 is 40.1 Å². The zero-order chi connectivity index (χ0) is 32.6. The lowest BCUT2D eigenvalue weighted by Gasteiger charge is -2.62. The maximum Gasteiger partial charge on any atom is 0.187 e. The van der Waals surface area contributed by atoms with Gasteiger partial charge < -0.3 is 40.1 Å². The summed E-state index contributed by atoms with van der Waals surface area (Å²) < 4.78 is 11.6. The Hall–Kier alpha value is -0.580. The molecule has 0 spiro atoms. The van der Waals surface area contributed by atoms with Gasteiger partial charge in [0.05, 0.1) is 24.4 Å². The lowest BCUT2D eigenvalue weighted by molar-refractivity contribution is -0.324. The van der Waals surface area contributed by atoms with Crippen LogP contribution in [0.3, 0.4) is 0 Å². The zero-order valence-electron chi connectivity index (χ0n) is 28.6. The third kappa shape index (κ3) is 5.35. The number of rotatable bonds is 8. The Morgan fingerprint density at radius 3 is 2.23 bits per heavy atom. The highest BCUT2D eigenvalue weighted by Gasteiger charge is 2.63. The van der Waals surface area contributed by atoms with Crippen LogP contribution in [0.2, 0.25) is 0 Å². The van der Waals surface area contributed by atoms with E-state index in [1.54, 1.807) is 11.1 Å². The van der Waals surface area contributed by atoms with E-state index >= 15 is 0 Å². The third-order valence-electron chi connectivity index (χ3n) is 14.4. The quantitative estimate of drug-likeness (QED) is 0.218. The van der Waals surface area contributed by atoms with E-state index in [1.807, 2.05) is 13.8 Å². The molecule has 0 aromatic rings. The summed E-state index contributed by atoms with van der Waals surface area (Å²) in [6, 6.07) is 0. The largest absolute Gasteiger partial charge is 0.394 e. The van der Waals surface area contributed by atoms with Crippen LogP contribution in [0.1, 0.15) is 120 Å². The molecule has 0 bridgehead atoms. The Morgan fingerprint density at radius 1 is 0.886 bits per heavy atom. The highest BCUT2D eigenvalue weighted by Crippen LogP contribution is 2.72. The van der Waals surface area contributed by atoms with Crippen LogP contribution in [0.25, 0.3) is 0 Å². The van der Waals surface area contributed by atoms with Gasteiger partial charge in [-0.1, -0.05) is 52.7 Å². The molecule has 1 heterocycles. The molecule has 254 valence electrons. The van der Waals surface area contributed by atoms with E-state index in [-0.39, 0.29) is 33.7 Å². The fraction of sp³-hybridized carbons (Fsp3) is 0.944. The maximum atomic E-state index is 11.6. The lowest BCUT2D eigenvalue weighted by atomic mass is 9.43. The standard InChI is InChI=1S/C36H62O8/c1-20(24(38)13-15-32(2,3)44-31-30(42)29(41)28(40)25(19-37)43-31)21-11-17-36(8)23-9-10-26-33(4,5)27(39)14-16-34(26,6)22(23)12-18-35(21,36)7/h20-21,24-31,37-42H,9-19H2,1-8H3/t20-,21?,24?,25?,26?,27-,28?,29?,30?,31?,34+,35+,36-/m0/s1. The predicted molar refractivity (Wildman–Crippen MR) is 168 cm³/mol. The number of hydrogen-bond acceptors (Lipinski definition) is 8. The van der Waals surface area contributed by atoms with Crippen LogP contribution in [0.4, 0.5) is 0 Å². The van der Waals surface area contributed by atoms with Crippen molar-refractivity contribution in [3.05, 3.63) is 11.1 Å². The first-order valence-corrected chi connectivity index (χ1v) is 17.4. The lowest BCUT2D eigenvalue weighted by Crippen LogP contribution is -2.60. The highest BCUT2D eigenvalue weighted by molar-refractivity contribution is 5.38. The Balaban J connectivity index is 1.27. The SMILES string of the molecule is C[C@H](C(O)CCC(C)(C)OC1OC(CO)C(O)C(O)C1O)C1CC[C@@]2(C)C3=C(CC[C@]12C)[C@@]1(C)CC[C@H](O)C(C)(C)C1CC3. The molecular weight excluding hydrogens is 560 g/mol. The van der Waals surface area contributed by atoms with Crippen LogP contribution in [0, 0.1) is 39.4 Å². The van der Waals surface area contributed by atoms with Gasteiger partial charge in [-0.2, -0.15) is 0 Å². The Kier molecular flexibility index (Phi) is 9.35. The van der Waals surface area contributed by atoms with Crippen molar-refractivity contribution in [3.8, 4) is 0 Å². The molecule has 13 atom stereocenters. The number of hydrogen-bond donors (Lipinski definition) is 6. The minimum atomic E-state index is -1.48. The number of ether oxygens (including phenoxy) is 2. The van der Waals surface area contributed by atoms with E-state index in [4.69, 9.17) is 9.47 Å². The van der Waals surface area contributed by atoms with E-state index in [9.17, 15) is 30.6 Å².